The third-order valence-electron chi connectivity index (χ3n) is 4.62. The molecule has 0 amide bonds. The van der Waals surface area contributed by atoms with Crippen molar-refractivity contribution in [3.8, 4) is 0 Å². The van der Waals surface area contributed by atoms with Crippen molar-refractivity contribution in [3.63, 3.8) is 0 Å². The summed E-state index contributed by atoms with van der Waals surface area (Å²) in [6.07, 6.45) is 9.41. The van der Waals surface area contributed by atoms with Crippen molar-refractivity contribution < 1.29 is 4.74 Å². The summed E-state index contributed by atoms with van der Waals surface area (Å²) in [5.41, 5.74) is 2.37. The van der Waals surface area contributed by atoms with E-state index in [9.17, 15) is 5.21 Å². The number of allylic oxidation sites excluding steroid dienone is 2. The highest BCUT2D eigenvalue weighted by Crippen LogP contribution is 2.24. The maximum atomic E-state index is 12.3. The molecule has 0 radical (unpaired) electrons. The van der Waals surface area contributed by atoms with Crippen molar-refractivity contribution in [2.24, 2.45) is 0 Å². The molecule has 0 saturated heterocycles. The van der Waals surface area contributed by atoms with Crippen LogP contribution in [0.3, 0.4) is 0 Å². The summed E-state index contributed by atoms with van der Waals surface area (Å²) in [6.45, 7) is 7.61. The molecule has 0 aliphatic carbocycles. The summed E-state index contributed by atoms with van der Waals surface area (Å²) in [5.74, 6) is 0.384. The zero-order chi connectivity index (χ0) is 19.5. The molecule has 0 spiro atoms. The fraction of sp³-hybridized carbons (Fsp3) is 0.375. The van der Waals surface area contributed by atoms with Gasteiger partial charge in [0.25, 0.3) is 0 Å². The highest BCUT2D eigenvalue weighted by molar-refractivity contribution is 6.76. The average molecular weight is 380 g/mol. The van der Waals surface area contributed by atoms with Crippen molar-refractivity contribution >= 4 is 14.3 Å². The molecule has 2 aromatic rings. The summed E-state index contributed by atoms with van der Waals surface area (Å²) >= 11 is 0. The molecular weight excluding hydrogens is 346 g/mol. The third-order valence-corrected chi connectivity index (χ3v) is 6.08. The second kappa shape index (κ2) is 10.9. The van der Waals surface area contributed by atoms with E-state index in [1.54, 1.807) is 0 Å². The van der Waals surface area contributed by atoms with E-state index >= 15 is 0 Å². The van der Waals surface area contributed by atoms with Crippen molar-refractivity contribution in [1.82, 2.24) is 0 Å². The van der Waals surface area contributed by atoms with E-state index in [4.69, 9.17) is 0 Å². The molecule has 3 heteroatoms. The van der Waals surface area contributed by atoms with Gasteiger partial charge in [-0.05, 0) is 30.4 Å². The lowest BCUT2D eigenvalue weighted by Gasteiger charge is -2.15. The van der Waals surface area contributed by atoms with Gasteiger partial charge in [-0.25, -0.2) is 4.74 Å². The highest BCUT2D eigenvalue weighted by atomic mass is 28.3. The smallest absolute Gasteiger partial charge is 0.178 e. The molecule has 0 fully saturated rings. The van der Waals surface area contributed by atoms with Crippen molar-refractivity contribution in [2.75, 3.05) is 0 Å². The summed E-state index contributed by atoms with van der Waals surface area (Å²) < 4.78 is 1.08. The first-order valence-corrected chi connectivity index (χ1v) is 13.7. The van der Waals surface area contributed by atoms with E-state index < -0.39 is 8.07 Å². The zero-order valence-electron chi connectivity index (χ0n) is 17.0. The predicted molar refractivity (Wildman–Crippen MR) is 120 cm³/mol. The Bertz CT molecular complexity index is 717. The summed E-state index contributed by atoms with van der Waals surface area (Å²) in [7, 11) is -1.01. The maximum absolute atomic E-state index is 12.3. The minimum Gasteiger partial charge on any atom is -0.624 e. The van der Waals surface area contributed by atoms with Gasteiger partial charge < -0.3 is 5.21 Å². The van der Waals surface area contributed by atoms with Crippen LogP contribution in [0, 0.1) is 5.21 Å². The van der Waals surface area contributed by atoms with Gasteiger partial charge in [-0.15, -0.1) is 0 Å². The quantitative estimate of drug-likeness (QED) is 0.114. The van der Waals surface area contributed by atoms with Gasteiger partial charge in [-0.2, -0.15) is 0 Å². The summed E-state index contributed by atoms with van der Waals surface area (Å²) in [5, 5.41) is 12.3. The highest BCUT2D eigenvalue weighted by Gasteiger charge is 2.12. The Balaban J connectivity index is 1.95. The van der Waals surface area contributed by atoms with E-state index in [2.05, 4.69) is 56.1 Å². The van der Waals surface area contributed by atoms with Crippen molar-refractivity contribution in [2.45, 2.75) is 57.4 Å². The Kier molecular flexibility index (Phi) is 8.53. The van der Waals surface area contributed by atoms with Crippen molar-refractivity contribution in [1.29, 1.82) is 0 Å². The molecule has 144 valence electrons. The molecule has 1 atom stereocenters. The molecule has 0 aliphatic rings. The van der Waals surface area contributed by atoms with Crippen molar-refractivity contribution in [3.05, 3.63) is 89.1 Å². The Hall–Kier alpha value is -2.13. The van der Waals surface area contributed by atoms with Crippen LogP contribution in [-0.4, -0.2) is 19.0 Å². The van der Waals surface area contributed by atoms with E-state index in [1.807, 2.05) is 42.6 Å². The van der Waals surface area contributed by atoms with Gasteiger partial charge in [0.2, 0.25) is 0 Å². The lowest BCUT2D eigenvalue weighted by molar-refractivity contribution is -0.471. The van der Waals surface area contributed by atoms with Gasteiger partial charge in [0.15, 0.2) is 12.8 Å². The lowest BCUT2D eigenvalue weighted by atomic mass is 9.91. The molecule has 0 N–H and O–H groups in total. The van der Waals surface area contributed by atoms with E-state index in [1.165, 1.54) is 11.6 Å². The molecule has 2 rings (SSSR count). The number of hydroxylamine groups is 1. The van der Waals surface area contributed by atoms with Crippen LogP contribution in [0.5, 0.6) is 0 Å². The Morgan fingerprint density at radius 2 is 1.56 bits per heavy atom. The molecular formula is C24H33NOSi. The minimum atomic E-state index is -1.01. The van der Waals surface area contributed by atoms with E-state index in [-0.39, 0.29) is 0 Å². The minimum absolute atomic E-state index is 0.384. The van der Waals surface area contributed by atoms with E-state index in [0.717, 1.165) is 29.6 Å². The predicted octanol–water partition coefficient (Wildman–Crippen LogP) is 6.62. The Morgan fingerprint density at radius 1 is 0.926 bits per heavy atom. The number of nitrogens with zero attached hydrogens (tertiary/aromatic N) is 1. The van der Waals surface area contributed by atoms with Gasteiger partial charge >= 0.3 is 0 Å². The first-order valence-electron chi connectivity index (χ1n) is 9.95. The number of hydrogen-bond acceptors (Lipinski definition) is 1. The topological polar surface area (TPSA) is 26.1 Å². The average Bonchev–Trinajstić information content (AvgIpc) is 2.64. The van der Waals surface area contributed by atoms with Crippen LogP contribution in [-0.2, 0) is 6.54 Å². The first-order chi connectivity index (χ1) is 12.9. The van der Waals surface area contributed by atoms with Gasteiger partial charge in [-0.1, -0.05) is 92.5 Å². The fourth-order valence-electron chi connectivity index (χ4n) is 3.07. The SMILES string of the molecule is C[Si](C)(C)C/C=C\CCC(C/C=[N+](\[O-])Cc1ccccc1)c1ccccc1. The van der Waals surface area contributed by atoms with E-state index in [0.29, 0.717) is 12.5 Å². The maximum Gasteiger partial charge on any atom is 0.178 e. The largest absolute Gasteiger partial charge is 0.624 e. The molecule has 2 nitrogen and oxygen atoms in total. The second-order valence-corrected chi connectivity index (χ2v) is 13.9. The summed E-state index contributed by atoms with van der Waals surface area (Å²) in [6, 6.07) is 21.7. The number of benzene rings is 2. The monoisotopic (exact) mass is 379 g/mol. The zero-order valence-corrected chi connectivity index (χ0v) is 18.0. The first kappa shape index (κ1) is 21.2. The molecule has 0 bridgehead atoms. The van der Waals surface area contributed by atoms with Crippen LogP contribution < -0.4 is 0 Å². The van der Waals surface area contributed by atoms with Crippen LogP contribution >= 0.6 is 0 Å². The third kappa shape index (κ3) is 8.87. The molecule has 0 saturated carbocycles. The number of rotatable bonds is 10. The normalized spacial score (nSPS) is 13.8. The Morgan fingerprint density at radius 3 is 2.19 bits per heavy atom. The van der Waals surface area contributed by atoms with Crippen LogP contribution in [0.15, 0.2) is 72.8 Å². The van der Waals surface area contributed by atoms with Gasteiger partial charge in [0.1, 0.15) is 0 Å². The van der Waals surface area contributed by atoms with Crippen LogP contribution in [0.25, 0.3) is 0 Å². The molecule has 0 aliphatic heterocycles. The molecule has 0 heterocycles. The molecule has 1 unspecified atom stereocenters. The van der Waals surface area contributed by atoms with Crippen LogP contribution in [0.1, 0.15) is 36.3 Å². The summed E-state index contributed by atoms with van der Waals surface area (Å²) in [4.78, 5) is 0. The molecule has 0 aromatic heterocycles. The second-order valence-electron chi connectivity index (χ2n) is 8.40. The van der Waals surface area contributed by atoms with Gasteiger partial charge in [0, 0.05) is 20.1 Å². The van der Waals surface area contributed by atoms with Gasteiger partial charge in [-0.3, -0.25) is 0 Å². The number of hydrogen-bond donors (Lipinski definition) is 0. The van der Waals surface area contributed by atoms with Gasteiger partial charge in [0.05, 0.1) is 0 Å². The molecule has 27 heavy (non-hydrogen) atoms. The van der Waals surface area contributed by atoms with Crippen LogP contribution in [0.4, 0.5) is 0 Å². The Labute approximate surface area is 165 Å². The van der Waals surface area contributed by atoms with Crippen LogP contribution in [0.2, 0.25) is 25.7 Å². The standard InChI is InChI=1S/C24H33NOSi/c1-27(2,3)20-12-6-11-17-24(23-15-9-5-10-16-23)18-19-25(26)21-22-13-7-4-8-14-22/h4-10,12-16,19,24H,11,17-18,20-21H2,1-3H3/b12-6-,25-19-. The fourth-order valence-corrected chi connectivity index (χ4v) is 3.94. The molecule has 2 aromatic carbocycles. The lowest BCUT2D eigenvalue weighted by Crippen LogP contribution is -2.17.